The molecule has 3 atom stereocenters. The van der Waals surface area contributed by atoms with Gasteiger partial charge in [0.1, 0.15) is 5.75 Å². The molecule has 0 aliphatic heterocycles. The van der Waals surface area contributed by atoms with Crippen LogP contribution in [-0.4, -0.2) is 11.5 Å². The summed E-state index contributed by atoms with van der Waals surface area (Å²) in [6.07, 6.45) is 0.116. The monoisotopic (exact) mass is 302 g/mol. The predicted molar refractivity (Wildman–Crippen MR) is 73.8 cm³/mol. The number of benzene rings is 1. The molecular formula is C16H21F3O2. The van der Waals surface area contributed by atoms with Crippen molar-refractivity contribution >= 4 is 0 Å². The van der Waals surface area contributed by atoms with Gasteiger partial charge in [-0.1, -0.05) is 44.7 Å². The normalized spacial score (nSPS) is 24.6. The smallest absolute Gasteiger partial charge is 0.406 e. The van der Waals surface area contributed by atoms with Crippen LogP contribution < -0.4 is 4.74 Å². The minimum Gasteiger partial charge on any atom is -0.406 e. The van der Waals surface area contributed by atoms with Crippen LogP contribution in [0.1, 0.15) is 50.7 Å². The number of hydrogen-bond donors (Lipinski definition) is 1. The lowest BCUT2D eigenvalue weighted by Gasteiger charge is -2.34. The van der Waals surface area contributed by atoms with Crippen molar-refractivity contribution in [3.8, 4) is 5.75 Å². The Balaban J connectivity index is 2.06. The summed E-state index contributed by atoms with van der Waals surface area (Å²) < 4.78 is 40.2. The van der Waals surface area contributed by atoms with Crippen LogP contribution in [0.3, 0.4) is 0 Å². The van der Waals surface area contributed by atoms with Crippen molar-refractivity contribution < 1.29 is 23.0 Å². The fraction of sp³-hybridized carbons (Fsp3) is 0.625. The first-order valence-corrected chi connectivity index (χ1v) is 7.44. The van der Waals surface area contributed by atoms with Crippen molar-refractivity contribution in [1.82, 2.24) is 0 Å². The van der Waals surface area contributed by atoms with E-state index in [0.717, 1.165) is 25.7 Å². The first-order valence-electron chi connectivity index (χ1n) is 7.44. The highest BCUT2D eigenvalue weighted by Crippen LogP contribution is 2.40. The Labute approximate surface area is 122 Å². The first kappa shape index (κ1) is 16.1. The van der Waals surface area contributed by atoms with Gasteiger partial charge in [0.15, 0.2) is 0 Å². The highest BCUT2D eigenvalue weighted by molar-refractivity contribution is 5.29. The van der Waals surface area contributed by atoms with Crippen LogP contribution in [0.25, 0.3) is 0 Å². The summed E-state index contributed by atoms with van der Waals surface area (Å²) in [5, 5.41) is 10.5. The van der Waals surface area contributed by atoms with Gasteiger partial charge < -0.3 is 9.84 Å². The molecule has 3 unspecified atom stereocenters. The van der Waals surface area contributed by atoms with Gasteiger partial charge in [-0.15, -0.1) is 13.2 Å². The molecule has 0 heterocycles. The highest BCUT2D eigenvalue weighted by Gasteiger charge is 2.32. The minimum absolute atomic E-state index is 0.193. The van der Waals surface area contributed by atoms with E-state index >= 15 is 0 Å². The van der Waals surface area contributed by atoms with Crippen LogP contribution in [0.2, 0.25) is 0 Å². The average molecular weight is 302 g/mol. The number of aliphatic hydroxyl groups is 1. The molecule has 1 aliphatic rings. The van der Waals surface area contributed by atoms with Crippen LogP contribution in [0, 0.1) is 11.8 Å². The lowest BCUT2D eigenvalue weighted by molar-refractivity contribution is -0.274. The number of ether oxygens (including phenoxy) is 1. The molecule has 0 spiro atoms. The Morgan fingerprint density at radius 3 is 2.38 bits per heavy atom. The maximum Gasteiger partial charge on any atom is 0.573 e. The maximum atomic E-state index is 12.1. The largest absolute Gasteiger partial charge is 0.573 e. The molecule has 1 aromatic carbocycles. The second-order valence-electron chi connectivity index (χ2n) is 5.68. The fourth-order valence-electron chi connectivity index (χ4n) is 3.27. The van der Waals surface area contributed by atoms with Gasteiger partial charge in [0.2, 0.25) is 0 Å². The summed E-state index contributed by atoms with van der Waals surface area (Å²) >= 11 is 0. The molecule has 118 valence electrons. The van der Waals surface area contributed by atoms with Crippen molar-refractivity contribution in [2.24, 2.45) is 11.8 Å². The molecule has 1 fully saturated rings. The van der Waals surface area contributed by atoms with Crippen LogP contribution in [0.15, 0.2) is 24.3 Å². The summed E-state index contributed by atoms with van der Waals surface area (Å²) in [5.74, 6) is 0.423. The van der Waals surface area contributed by atoms with E-state index in [-0.39, 0.29) is 11.7 Å². The number of aliphatic hydroxyl groups excluding tert-OH is 1. The number of alkyl halides is 3. The van der Waals surface area contributed by atoms with Gasteiger partial charge in [-0.2, -0.15) is 0 Å². The van der Waals surface area contributed by atoms with Crippen molar-refractivity contribution in [1.29, 1.82) is 0 Å². The number of halogens is 3. The molecule has 0 bridgehead atoms. The third-order valence-corrected chi connectivity index (χ3v) is 4.35. The van der Waals surface area contributed by atoms with E-state index in [1.165, 1.54) is 30.7 Å². The van der Waals surface area contributed by atoms with Crippen LogP contribution in [-0.2, 0) is 0 Å². The summed E-state index contributed by atoms with van der Waals surface area (Å²) in [6, 6.07) is 5.56. The topological polar surface area (TPSA) is 29.5 Å². The van der Waals surface area contributed by atoms with Crippen LogP contribution in [0.4, 0.5) is 13.2 Å². The van der Waals surface area contributed by atoms with Crippen molar-refractivity contribution in [3.05, 3.63) is 29.8 Å². The molecule has 1 saturated carbocycles. The SMILES string of the molecule is CCC1CCCCC1C(O)c1ccc(OC(F)(F)F)cc1. The Hall–Kier alpha value is -1.23. The zero-order valence-corrected chi connectivity index (χ0v) is 12.1. The molecular weight excluding hydrogens is 281 g/mol. The van der Waals surface area contributed by atoms with E-state index in [2.05, 4.69) is 11.7 Å². The summed E-state index contributed by atoms with van der Waals surface area (Å²) in [7, 11) is 0. The quantitative estimate of drug-likeness (QED) is 0.862. The molecule has 0 aromatic heterocycles. The Morgan fingerprint density at radius 1 is 1.19 bits per heavy atom. The van der Waals surface area contributed by atoms with Gasteiger partial charge in [-0.25, -0.2) is 0 Å². The van der Waals surface area contributed by atoms with Crippen molar-refractivity contribution in [3.63, 3.8) is 0 Å². The second-order valence-corrected chi connectivity index (χ2v) is 5.68. The third kappa shape index (κ3) is 4.37. The second kappa shape index (κ2) is 6.69. The lowest BCUT2D eigenvalue weighted by Crippen LogP contribution is -2.25. The molecule has 1 N–H and O–H groups in total. The molecule has 0 saturated heterocycles. The molecule has 5 heteroatoms. The van der Waals surface area contributed by atoms with E-state index in [4.69, 9.17) is 0 Å². The molecule has 0 amide bonds. The minimum atomic E-state index is -4.68. The highest BCUT2D eigenvalue weighted by atomic mass is 19.4. The molecule has 0 radical (unpaired) electrons. The Morgan fingerprint density at radius 2 is 1.81 bits per heavy atom. The van der Waals surface area contributed by atoms with Gasteiger partial charge >= 0.3 is 6.36 Å². The van der Waals surface area contributed by atoms with Gasteiger partial charge in [0.05, 0.1) is 6.10 Å². The van der Waals surface area contributed by atoms with Crippen molar-refractivity contribution in [2.75, 3.05) is 0 Å². The van der Waals surface area contributed by atoms with E-state index in [1.54, 1.807) is 0 Å². The molecule has 2 nitrogen and oxygen atoms in total. The third-order valence-electron chi connectivity index (χ3n) is 4.35. The molecule has 1 aromatic rings. The van der Waals surface area contributed by atoms with Gasteiger partial charge in [0, 0.05) is 0 Å². The number of rotatable bonds is 4. The summed E-state index contributed by atoms with van der Waals surface area (Å²) in [6.45, 7) is 2.12. The Kier molecular flexibility index (Phi) is 5.14. The lowest BCUT2D eigenvalue weighted by atomic mass is 9.73. The first-order chi connectivity index (χ1) is 9.90. The fourth-order valence-corrected chi connectivity index (χ4v) is 3.27. The van der Waals surface area contributed by atoms with Crippen LogP contribution >= 0.6 is 0 Å². The standard InChI is InChI=1S/C16H21F3O2/c1-2-11-5-3-4-6-14(11)15(20)12-7-9-13(10-8-12)21-16(17,18)19/h7-11,14-15,20H,2-6H2,1H3. The van der Waals surface area contributed by atoms with Gasteiger partial charge in [0.25, 0.3) is 0 Å². The van der Waals surface area contributed by atoms with Gasteiger partial charge in [-0.05, 0) is 36.0 Å². The average Bonchev–Trinajstić information content (AvgIpc) is 2.45. The van der Waals surface area contributed by atoms with E-state index in [9.17, 15) is 18.3 Å². The molecule has 1 aliphatic carbocycles. The Bertz CT molecular complexity index is 442. The zero-order valence-electron chi connectivity index (χ0n) is 12.1. The predicted octanol–water partition coefficient (Wildman–Crippen LogP) is 4.84. The van der Waals surface area contributed by atoms with E-state index in [1.807, 2.05) is 0 Å². The van der Waals surface area contributed by atoms with Crippen LogP contribution in [0.5, 0.6) is 5.75 Å². The molecule has 21 heavy (non-hydrogen) atoms. The number of hydrogen-bond acceptors (Lipinski definition) is 2. The molecule has 2 rings (SSSR count). The zero-order chi connectivity index (χ0) is 15.5. The van der Waals surface area contributed by atoms with E-state index < -0.39 is 12.5 Å². The van der Waals surface area contributed by atoms with Crippen molar-refractivity contribution in [2.45, 2.75) is 51.5 Å². The maximum absolute atomic E-state index is 12.1. The summed E-state index contributed by atoms with van der Waals surface area (Å²) in [4.78, 5) is 0. The van der Waals surface area contributed by atoms with E-state index in [0.29, 0.717) is 11.5 Å². The summed E-state index contributed by atoms with van der Waals surface area (Å²) in [5.41, 5.74) is 0.662. The van der Waals surface area contributed by atoms with Gasteiger partial charge in [-0.3, -0.25) is 0 Å².